The van der Waals surface area contributed by atoms with E-state index >= 15 is 0 Å². The van der Waals surface area contributed by atoms with Crippen LogP contribution in [0.15, 0.2) is 11.6 Å². The molecule has 1 heterocycles. The molecular weight excluding hydrogens is 348 g/mol. The van der Waals surface area contributed by atoms with Crippen LogP contribution in [0.4, 0.5) is 0 Å². The largest absolute Gasteiger partial charge is 0.507 e. The van der Waals surface area contributed by atoms with E-state index in [4.69, 9.17) is 14.2 Å². The maximum absolute atomic E-state index is 12.0. The summed E-state index contributed by atoms with van der Waals surface area (Å²) in [6, 6.07) is 0. The van der Waals surface area contributed by atoms with Crippen molar-refractivity contribution in [3.8, 4) is 11.5 Å². The van der Waals surface area contributed by atoms with E-state index in [9.17, 15) is 14.7 Å². The van der Waals surface area contributed by atoms with Gasteiger partial charge in [0.25, 0.3) is 0 Å². The SMILES string of the molecule is COC(=O)CC1CCCC/C1=C\Cc1c(O)c2c(c(C)c1OC)COC2=O. The molecule has 1 atom stereocenters. The van der Waals surface area contributed by atoms with Crippen molar-refractivity contribution in [3.05, 3.63) is 33.9 Å². The number of methoxy groups -OCH3 is 2. The summed E-state index contributed by atoms with van der Waals surface area (Å²) in [5.41, 5.74) is 3.54. The maximum Gasteiger partial charge on any atom is 0.342 e. The Morgan fingerprint density at radius 1 is 1.33 bits per heavy atom. The summed E-state index contributed by atoms with van der Waals surface area (Å²) in [4.78, 5) is 23.7. The minimum atomic E-state index is -0.497. The maximum atomic E-state index is 12.0. The molecule has 1 fully saturated rings. The zero-order valence-corrected chi connectivity index (χ0v) is 16.1. The van der Waals surface area contributed by atoms with E-state index < -0.39 is 5.97 Å². The Labute approximate surface area is 159 Å². The molecule has 1 N–H and O–H groups in total. The minimum Gasteiger partial charge on any atom is -0.507 e. The number of aromatic hydroxyl groups is 1. The van der Waals surface area contributed by atoms with Gasteiger partial charge in [0.15, 0.2) is 0 Å². The molecule has 0 spiro atoms. The summed E-state index contributed by atoms with van der Waals surface area (Å²) in [5, 5.41) is 10.7. The van der Waals surface area contributed by atoms with Crippen molar-refractivity contribution in [1.82, 2.24) is 0 Å². The highest BCUT2D eigenvalue weighted by molar-refractivity contribution is 5.98. The minimum absolute atomic E-state index is 0.0628. The molecule has 1 saturated carbocycles. The summed E-state index contributed by atoms with van der Waals surface area (Å²) in [6.45, 7) is 2.03. The van der Waals surface area contributed by atoms with Crippen molar-refractivity contribution in [2.24, 2.45) is 5.92 Å². The zero-order valence-electron chi connectivity index (χ0n) is 16.1. The van der Waals surface area contributed by atoms with Crippen molar-refractivity contribution in [2.75, 3.05) is 14.2 Å². The molecule has 0 aromatic heterocycles. The number of cyclic esters (lactones) is 1. The quantitative estimate of drug-likeness (QED) is 0.626. The average Bonchev–Trinajstić information content (AvgIpc) is 3.06. The molecule has 1 aromatic rings. The highest BCUT2D eigenvalue weighted by Crippen LogP contribution is 2.42. The predicted octanol–water partition coefficient (Wildman–Crippen LogP) is 3.60. The van der Waals surface area contributed by atoms with Gasteiger partial charge < -0.3 is 19.3 Å². The van der Waals surface area contributed by atoms with Crippen molar-refractivity contribution in [3.63, 3.8) is 0 Å². The van der Waals surface area contributed by atoms with Gasteiger partial charge in [0.1, 0.15) is 23.7 Å². The van der Waals surface area contributed by atoms with Gasteiger partial charge in [-0.25, -0.2) is 4.79 Å². The summed E-state index contributed by atoms with van der Waals surface area (Å²) >= 11 is 0. The Bertz CT molecular complexity index is 793. The standard InChI is InChI=1S/C21H26O6/c1-12-16-11-27-21(24)18(16)19(23)15(20(12)26-3)9-8-13-6-4-5-7-14(13)10-17(22)25-2/h8,14,23H,4-7,9-11H2,1-3H3/b13-8+. The molecule has 0 radical (unpaired) electrons. The lowest BCUT2D eigenvalue weighted by Gasteiger charge is -2.25. The van der Waals surface area contributed by atoms with Crippen LogP contribution < -0.4 is 4.74 Å². The topological polar surface area (TPSA) is 82.1 Å². The van der Waals surface area contributed by atoms with Crippen LogP contribution in [0.1, 0.15) is 59.2 Å². The first-order chi connectivity index (χ1) is 13.0. The third-order valence-corrected chi connectivity index (χ3v) is 5.65. The fourth-order valence-corrected chi connectivity index (χ4v) is 4.16. The first-order valence-electron chi connectivity index (χ1n) is 9.32. The van der Waals surface area contributed by atoms with Crippen LogP contribution in [0.25, 0.3) is 0 Å². The molecule has 6 nitrogen and oxygen atoms in total. The monoisotopic (exact) mass is 374 g/mol. The van der Waals surface area contributed by atoms with Gasteiger partial charge in [0.2, 0.25) is 0 Å². The van der Waals surface area contributed by atoms with Crippen molar-refractivity contribution in [2.45, 2.75) is 52.1 Å². The summed E-state index contributed by atoms with van der Waals surface area (Å²) < 4.78 is 15.4. The number of allylic oxidation sites excluding steroid dienone is 2. The Kier molecular flexibility index (Phi) is 5.73. The molecule has 0 amide bonds. The highest BCUT2D eigenvalue weighted by Gasteiger charge is 2.32. The Hall–Kier alpha value is -2.50. The van der Waals surface area contributed by atoms with E-state index in [1.165, 1.54) is 12.7 Å². The van der Waals surface area contributed by atoms with Crippen LogP contribution in [0.5, 0.6) is 11.5 Å². The first-order valence-corrected chi connectivity index (χ1v) is 9.32. The third-order valence-electron chi connectivity index (χ3n) is 5.65. The summed E-state index contributed by atoms with van der Waals surface area (Å²) in [6.07, 6.45) is 6.94. The van der Waals surface area contributed by atoms with E-state index in [2.05, 4.69) is 6.08 Å². The number of ether oxygens (including phenoxy) is 3. The second-order valence-corrected chi connectivity index (χ2v) is 7.12. The van der Waals surface area contributed by atoms with Crippen LogP contribution in [-0.2, 0) is 27.3 Å². The molecule has 0 saturated heterocycles. The lowest BCUT2D eigenvalue weighted by atomic mass is 9.81. The number of carbonyl (C=O) groups excluding carboxylic acids is 2. The van der Waals surface area contributed by atoms with Gasteiger partial charge in [0, 0.05) is 11.1 Å². The normalized spacial score (nSPS) is 20.3. The van der Waals surface area contributed by atoms with Crippen molar-refractivity contribution >= 4 is 11.9 Å². The number of benzene rings is 1. The molecule has 1 aliphatic heterocycles. The number of rotatable bonds is 5. The van der Waals surface area contributed by atoms with Gasteiger partial charge in [-0.3, -0.25) is 4.79 Å². The van der Waals surface area contributed by atoms with Gasteiger partial charge in [-0.05, 0) is 44.1 Å². The van der Waals surface area contributed by atoms with E-state index in [1.54, 1.807) is 7.11 Å². The molecule has 0 bridgehead atoms. The highest BCUT2D eigenvalue weighted by atomic mass is 16.5. The molecular formula is C21H26O6. The van der Waals surface area contributed by atoms with Crippen LogP contribution >= 0.6 is 0 Å². The average molecular weight is 374 g/mol. The number of hydrogen-bond acceptors (Lipinski definition) is 6. The van der Waals surface area contributed by atoms with E-state index in [-0.39, 0.29) is 29.8 Å². The number of carbonyl (C=O) groups is 2. The smallest absolute Gasteiger partial charge is 0.342 e. The second-order valence-electron chi connectivity index (χ2n) is 7.12. The van der Waals surface area contributed by atoms with Gasteiger partial charge in [-0.15, -0.1) is 0 Å². The molecule has 1 aromatic carbocycles. The lowest BCUT2D eigenvalue weighted by Crippen LogP contribution is -2.16. The number of esters is 2. The number of fused-ring (bicyclic) bond motifs is 1. The molecule has 2 aliphatic rings. The summed E-state index contributed by atoms with van der Waals surface area (Å²) in [5.74, 6) is -0.0126. The fourth-order valence-electron chi connectivity index (χ4n) is 4.16. The van der Waals surface area contributed by atoms with Gasteiger partial charge in [-0.2, -0.15) is 0 Å². The van der Waals surface area contributed by atoms with Crippen LogP contribution in [0, 0.1) is 12.8 Å². The van der Waals surface area contributed by atoms with E-state index in [0.717, 1.165) is 31.2 Å². The molecule has 3 rings (SSSR count). The van der Waals surface area contributed by atoms with Gasteiger partial charge >= 0.3 is 11.9 Å². The number of phenolic OH excluding ortho intramolecular Hbond substituents is 1. The third kappa shape index (κ3) is 3.66. The number of hydrogen-bond donors (Lipinski definition) is 1. The second kappa shape index (κ2) is 8.03. The molecule has 27 heavy (non-hydrogen) atoms. The fraction of sp³-hybridized carbons (Fsp3) is 0.524. The molecule has 1 aliphatic carbocycles. The predicted molar refractivity (Wildman–Crippen MR) is 98.9 cm³/mol. The lowest BCUT2D eigenvalue weighted by molar-refractivity contribution is -0.141. The Morgan fingerprint density at radius 2 is 2.11 bits per heavy atom. The van der Waals surface area contributed by atoms with E-state index in [0.29, 0.717) is 29.7 Å². The van der Waals surface area contributed by atoms with E-state index in [1.807, 2.05) is 6.92 Å². The Morgan fingerprint density at radius 3 is 2.81 bits per heavy atom. The first kappa shape index (κ1) is 19.3. The van der Waals surface area contributed by atoms with Crippen LogP contribution in [-0.4, -0.2) is 31.3 Å². The van der Waals surface area contributed by atoms with Crippen LogP contribution in [0.2, 0.25) is 0 Å². The molecule has 146 valence electrons. The summed E-state index contributed by atoms with van der Waals surface area (Å²) in [7, 11) is 2.97. The van der Waals surface area contributed by atoms with Crippen molar-refractivity contribution < 1.29 is 28.9 Å². The number of phenols is 1. The molecule has 1 unspecified atom stereocenters. The van der Waals surface area contributed by atoms with Crippen molar-refractivity contribution in [1.29, 1.82) is 0 Å². The Balaban J connectivity index is 1.94. The molecule has 6 heteroatoms. The zero-order chi connectivity index (χ0) is 19.6. The van der Waals surface area contributed by atoms with Gasteiger partial charge in [0.05, 0.1) is 20.6 Å². The van der Waals surface area contributed by atoms with Gasteiger partial charge in [-0.1, -0.05) is 18.1 Å². The van der Waals surface area contributed by atoms with Crippen LogP contribution in [0.3, 0.4) is 0 Å².